The third kappa shape index (κ3) is 2.78. The average Bonchev–Trinajstić information content (AvgIpc) is 3.24. The largest absolute Gasteiger partial charge is 0.490 e. The molecular weight excluding hydrogens is 240 g/mol. The van der Waals surface area contributed by atoms with Crippen LogP contribution in [0.25, 0.3) is 0 Å². The average molecular weight is 254 g/mol. The van der Waals surface area contributed by atoms with Gasteiger partial charge in [0.25, 0.3) is 0 Å². The van der Waals surface area contributed by atoms with Gasteiger partial charge >= 0.3 is 0 Å². The van der Waals surface area contributed by atoms with Crippen LogP contribution in [-0.2, 0) is 0 Å². The zero-order chi connectivity index (χ0) is 13.2. The van der Waals surface area contributed by atoms with Crippen LogP contribution < -0.4 is 4.74 Å². The molecule has 0 amide bonds. The Morgan fingerprint density at radius 3 is 2.47 bits per heavy atom. The summed E-state index contributed by atoms with van der Waals surface area (Å²) in [5.41, 5.74) is 1.76. The van der Waals surface area contributed by atoms with Gasteiger partial charge in [-0.3, -0.25) is 9.78 Å². The molecule has 0 unspecified atom stereocenters. The highest BCUT2D eigenvalue weighted by Crippen LogP contribution is 2.26. The number of nitrogens with zero attached hydrogens (tertiary/aromatic N) is 2. The van der Waals surface area contributed by atoms with Crippen molar-refractivity contribution in [3.63, 3.8) is 0 Å². The van der Waals surface area contributed by atoms with Gasteiger partial charge in [0.15, 0.2) is 0 Å². The zero-order valence-electron chi connectivity index (χ0n) is 10.7. The summed E-state index contributed by atoms with van der Waals surface area (Å²) < 4.78 is 5.64. The van der Waals surface area contributed by atoms with Gasteiger partial charge in [-0.2, -0.15) is 0 Å². The van der Waals surface area contributed by atoms with Crippen molar-refractivity contribution < 1.29 is 9.53 Å². The maximum atomic E-state index is 12.2. The first-order valence-corrected chi connectivity index (χ1v) is 6.32. The summed E-state index contributed by atoms with van der Waals surface area (Å²) in [6.07, 6.45) is 5.72. The van der Waals surface area contributed by atoms with Crippen molar-refractivity contribution >= 4 is 5.78 Å². The molecule has 0 saturated heterocycles. The molecule has 1 heterocycles. The summed E-state index contributed by atoms with van der Waals surface area (Å²) in [6.45, 7) is 1.84. The minimum atomic E-state index is -0.120. The Labute approximate surface area is 111 Å². The number of ether oxygens (including phenoxy) is 1. The number of rotatable bonds is 4. The van der Waals surface area contributed by atoms with Crippen LogP contribution in [0.5, 0.6) is 5.75 Å². The van der Waals surface area contributed by atoms with Crippen molar-refractivity contribution in [1.29, 1.82) is 0 Å². The van der Waals surface area contributed by atoms with Crippen molar-refractivity contribution in [3.05, 3.63) is 53.6 Å². The minimum absolute atomic E-state index is 0.120. The fraction of sp³-hybridized carbons (Fsp3) is 0.267. The van der Waals surface area contributed by atoms with E-state index in [0.717, 1.165) is 24.3 Å². The van der Waals surface area contributed by atoms with Gasteiger partial charge in [-0.1, -0.05) is 0 Å². The van der Waals surface area contributed by atoms with Crippen LogP contribution in [0.4, 0.5) is 0 Å². The molecule has 0 radical (unpaired) electrons. The summed E-state index contributed by atoms with van der Waals surface area (Å²) in [5.74, 6) is 0.694. The van der Waals surface area contributed by atoms with Gasteiger partial charge in [0.2, 0.25) is 5.78 Å². The maximum absolute atomic E-state index is 12.2. The smallest absolute Gasteiger partial charge is 0.212 e. The third-order valence-corrected chi connectivity index (χ3v) is 2.96. The van der Waals surface area contributed by atoms with Gasteiger partial charge in [0, 0.05) is 11.8 Å². The van der Waals surface area contributed by atoms with Crippen LogP contribution in [0.3, 0.4) is 0 Å². The number of aryl methyl sites for hydroxylation is 1. The van der Waals surface area contributed by atoms with Gasteiger partial charge in [0.1, 0.15) is 11.4 Å². The van der Waals surface area contributed by atoms with E-state index in [1.807, 2.05) is 19.1 Å². The number of benzene rings is 1. The minimum Gasteiger partial charge on any atom is -0.490 e. The molecule has 4 nitrogen and oxygen atoms in total. The highest BCUT2D eigenvalue weighted by Gasteiger charge is 2.23. The lowest BCUT2D eigenvalue weighted by Gasteiger charge is -2.05. The van der Waals surface area contributed by atoms with Crippen LogP contribution in [0, 0.1) is 6.92 Å². The third-order valence-electron chi connectivity index (χ3n) is 2.96. The number of ketones is 1. The summed E-state index contributed by atoms with van der Waals surface area (Å²) in [6, 6.07) is 7.18. The van der Waals surface area contributed by atoms with E-state index >= 15 is 0 Å². The van der Waals surface area contributed by atoms with E-state index in [1.54, 1.807) is 18.3 Å². The van der Waals surface area contributed by atoms with E-state index in [1.165, 1.54) is 6.20 Å². The second kappa shape index (κ2) is 4.80. The molecule has 4 heteroatoms. The second-order valence-electron chi connectivity index (χ2n) is 4.71. The fourth-order valence-corrected chi connectivity index (χ4v) is 1.72. The van der Waals surface area contributed by atoms with Crippen molar-refractivity contribution in [1.82, 2.24) is 9.97 Å². The molecular formula is C15H14N2O2. The first-order valence-electron chi connectivity index (χ1n) is 6.32. The standard InChI is InChI=1S/C15H14N2O2/c1-10-8-17-14(9-16-10)15(18)11-2-4-12(5-3-11)19-13-6-7-13/h2-5,8-9,13H,6-7H2,1H3. The van der Waals surface area contributed by atoms with Gasteiger partial charge in [-0.05, 0) is 44.0 Å². The van der Waals surface area contributed by atoms with E-state index in [2.05, 4.69) is 9.97 Å². The Balaban J connectivity index is 1.77. The Kier molecular flexibility index (Phi) is 2.99. The van der Waals surface area contributed by atoms with Crippen LogP contribution in [-0.4, -0.2) is 21.9 Å². The molecule has 0 spiro atoms. The van der Waals surface area contributed by atoms with Crippen LogP contribution >= 0.6 is 0 Å². The Morgan fingerprint density at radius 2 is 1.89 bits per heavy atom. The molecule has 1 aromatic heterocycles. The van der Waals surface area contributed by atoms with Crippen LogP contribution in [0.15, 0.2) is 36.7 Å². The van der Waals surface area contributed by atoms with Crippen molar-refractivity contribution in [2.45, 2.75) is 25.9 Å². The molecule has 0 aliphatic heterocycles. The molecule has 0 bridgehead atoms. The summed E-state index contributed by atoms with van der Waals surface area (Å²) in [5, 5.41) is 0. The zero-order valence-corrected chi connectivity index (χ0v) is 10.7. The second-order valence-corrected chi connectivity index (χ2v) is 4.71. The number of aromatic nitrogens is 2. The highest BCUT2D eigenvalue weighted by atomic mass is 16.5. The molecule has 0 N–H and O–H groups in total. The van der Waals surface area contributed by atoms with Gasteiger partial charge in [0.05, 0.1) is 18.0 Å². The summed E-state index contributed by atoms with van der Waals surface area (Å²) in [4.78, 5) is 20.3. The summed E-state index contributed by atoms with van der Waals surface area (Å²) in [7, 11) is 0. The van der Waals surface area contributed by atoms with Crippen molar-refractivity contribution in [2.75, 3.05) is 0 Å². The predicted molar refractivity (Wildman–Crippen MR) is 70.3 cm³/mol. The van der Waals surface area contributed by atoms with E-state index in [4.69, 9.17) is 4.74 Å². The number of hydrogen-bond acceptors (Lipinski definition) is 4. The molecule has 2 aromatic rings. The molecule has 19 heavy (non-hydrogen) atoms. The van der Waals surface area contributed by atoms with Crippen molar-refractivity contribution in [3.8, 4) is 5.75 Å². The lowest BCUT2D eigenvalue weighted by Crippen LogP contribution is -2.05. The molecule has 1 fully saturated rings. The number of hydrogen-bond donors (Lipinski definition) is 0. The summed E-state index contributed by atoms with van der Waals surface area (Å²) >= 11 is 0. The van der Waals surface area contributed by atoms with Crippen LogP contribution in [0.1, 0.15) is 34.6 Å². The van der Waals surface area contributed by atoms with Gasteiger partial charge in [-0.15, -0.1) is 0 Å². The van der Waals surface area contributed by atoms with E-state index in [-0.39, 0.29) is 5.78 Å². The fourth-order valence-electron chi connectivity index (χ4n) is 1.72. The lowest BCUT2D eigenvalue weighted by molar-refractivity contribution is 0.103. The lowest BCUT2D eigenvalue weighted by atomic mass is 10.1. The van der Waals surface area contributed by atoms with Gasteiger partial charge < -0.3 is 4.74 Å². The Morgan fingerprint density at radius 1 is 1.16 bits per heavy atom. The first kappa shape index (κ1) is 11.8. The van der Waals surface area contributed by atoms with Crippen molar-refractivity contribution in [2.24, 2.45) is 0 Å². The highest BCUT2D eigenvalue weighted by molar-refractivity contribution is 6.07. The van der Waals surface area contributed by atoms with E-state index in [0.29, 0.717) is 17.4 Å². The predicted octanol–water partition coefficient (Wildman–Crippen LogP) is 2.56. The molecule has 1 saturated carbocycles. The van der Waals surface area contributed by atoms with Crippen LogP contribution in [0.2, 0.25) is 0 Å². The molecule has 1 aliphatic carbocycles. The quantitative estimate of drug-likeness (QED) is 0.787. The first-order chi connectivity index (χ1) is 9.22. The van der Waals surface area contributed by atoms with E-state index in [9.17, 15) is 4.79 Å². The monoisotopic (exact) mass is 254 g/mol. The normalized spacial score (nSPS) is 14.2. The molecule has 96 valence electrons. The topological polar surface area (TPSA) is 52.1 Å². The molecule has 1 aliphatic rings. The number of carbonyl (C=O) groups excluding carboxylic acids is 1. The molecule has 1 aromatic carbocycles. The Bertz CT molecular complexity index is 587. The van der Waals surface area contributed by atoms with E-state index < -0.39 is 0 Å². The number of carbonyl (C=O) groups is 1. The van der Waals surface area contributed by atoms with Gasteiger partial charge in [-0.25, -0.2) is 4.98 Å². The Hall–Kier alpha value is -2.23. The SMILES string of the molecule is Cc1cnc(C(=O)c2ccc(OC3CC3)cc2)cn1. The molecule has 0 atom stereocenters. The molecule has 3 rings (SSSR count). The maximum Gasteiger partial charge on any atom is 0.212 e.